The van der Waals surface area contributed by atoms with Crippen molar-refractivity contribution in [1.29, 1.82) is 0 Å². The average Bonchev–Trinajstić information content (AvgIpc) is 2.52. The molecule has 1 unspecified atom stereocenters. The normalized spacial score (nSPS) is 20.3. The van der Waals surface area contributed by atoms with E-state index in [-0.39, 0.29) is 0 Å². The van der Waals surface area contributed by atoms with Crippen molar-refractivity contribution in [2.24, 2.45) is 5.92 Å². The first-order chi connectivity index (χ1) is 8.38. The molecule has 0 aromatic rings. The number of hydrogen-bond acceptors (Lipinski definition) is 0. The van der Waals surface area contributed by atoms with E-state index in [1.165, 1.54) is 0 Å². The topological polar surface area (TPSA) is 0 Å². The van der Waals surface area contributed by atoms with E-state index in [1.54, 1.807) is 21.9 Å². The van der Waals surface area contributed by atoms with Crippen molar-refractivity contribution in [1.82, 2.24) is 0 Å². The van der Waals surface area contributed by atoms with Crippen LogP contribution in [0.4, 0.5) is 0 Å². The SMILES string of the molecule is CC1=C(C)C(C)C([SiH](C)C)=C1C.CC=CC=[CH][Ti]. The summed E-state index contributed by atoms with van der Waals surface area (Å²) in [4.78, 5) is 0. The van der Waals surface area contributed by atoms with E-state index in [0.29, 0.717) is 0 Å². The van der Waals surface area contributed by atoms with Crippen LogP contribution in [0.3, 0.4) is 0 Å². The fraction of sp³-hybridized carbons (Fsp3) is 0.500. The van der Waals surface area contributed by atoms with Crippen LogP contribution in [0.25, 0.3) is 0 Å². The Hall–Kier alpha value is -0.109. The van der Waals surface area contributed by atoms with Gasteiger partial charge in [-0.2, -0.15) is 0 Å². The first-order valence-electron chi connectivity index (χ1n) is 6.71. The molecule has 0 aliphatic heterocycles. The van der Waals surface area contributed by atoms with Gasteiger partial charge in [0.15, 0.2) is 0 Å². The summed E-state index contributed by atoms with van der Waals surface area (Å²) >= 11 is 2.00. The summed E-state index contributed by atoms with van der Waals surface area (Å²) in [6.45, 7) is 16.1. The van der Waals surface area contributed by atoms with Crippen molar-refractivity contribution in [3.63, 3.8) is 0 Å². The second kappa shape index (κ2) is 8.90. The Morgan fingerprint density at radius 3 is 1.78 bits per heavy atom. The van der Waals surface area contributed by atoms with Crippen molar-refractivity contribution in [2.45, 2.75) is 47.7 Å². The third-order valence-electron chi connectivity index (χ3n) is 3.72. The molecule has 0 radical (unpaired) electrons. The van der Waals surface area contributed by atoms with E-state index in [4.69, 9.17) is 0 Å². The van der Waals surface area contributed by atoms with Gasteiger partial charge in [-0.25, -0.2) is 0 Å². The summed E-state index contributed by atoms with van der Waals surface area (Å²) in [7, 11) is -0.578. The van der Waals surface area contributed by atoms with E-state index in [0.717, 1.165) is 5.92 Å². The van der Waals surface area contributed by atoms with Gasteiger partial charge in [0.25, 0.3) is 0 Å². The first-order valence-corrected chi connectivity index (χ1v) is 10.5. The van der Waals surface area contributed by atoms with Gasteiger partial charge in [0.05, 0.1) is 8.80 Å². The zero-order valence-electron chi connectivity index (χ0n) is 13.0. The molecule has 0 N–H and O–H groups in total. The second-order valence-electron chi connectivity index (χ2n) is 5.15. The summed E-state index contributed by atoms with van der Waals surface area (Å²) in [5.74, 6) is 0.747. The van der Waals surface area contributed by atoms with Gasteiger partial charge in [-0.15, -0.1) is 0 Å². The minimum absolute atomic E-state index is 0.578. The predicted molar refractivity (Wildman–Crippen MR) is 83.1 cm³/mol. The van der Waals surface area contributed by atoms with Crippen LogP contribution in [0, 0.1) is 5.92 Å². The molecular formula is C16H27SiTi. The fourth-order valence-electron chi connectivity index (χ4n) is 2.49. The molecule has 99 valence electrons. The quantitative estimate of drug-likeness (QED) is 0.500. The second-order valence-corrected chi connectivity index (χ2v) is 8.60. The van der Waals surface area contributed by atoms with Crippen molar-refractivity contribution < 1.29 is 20.4 Å². The molecule has 0 aromatic heterocycles. The van der Waals surface area contributed by atoms with E-state index < -0.39 is 8.80 Å². The van der Waals surface area contributed by atoms with Crippen molar-refractivity contribution in [3.8, 4) is 0 Å². The molecule has 1 aliphatic carbocycles. The van der Waals surface area contributed by atoms with E-state index in [1.807, 2.05) is 50.0 Å². The van der Waals surface area contributed by atoms with Crippen LogP contribution in [0.15, 0.2) is 44.5 Å². The molecule has 0 spiro atoms. The van der Waals surface area contributed by atoms with Crippen LogP contribution in [0.5, 0.6) is 0 Å². The summed E-state index contributed by atoms with van der Waals surface area (Å²) < 4.78 is 2.00. The predicted octanol–water partition coefficient (Wildman–Crippen LogP) is 4.94. The van der Waals surface area contributed by atoms with Gasteiger partial charge in [0.2, 0.25) is 0 Å². The van der Waals surface area contributed by atoms with Crippen LogP contribution in [-0.4, -0.2) is 8.80 Å². The van der Waals surface area contributed by atoms with E-state index >= 15 is 0 Å². The molecule has 0 fully saturated rings. The minimum atomic E-state index is -0.578. The molecule has 0 aromatic carbocycles. The molecule has 1 aliphatic rings. The van der Waals surface area contributed by atoms with Crippen molar-refractivity contribution in [3.05, 3.63) is 44.5 Å². The Bertz CT molecular complexity index is 374. The maximum absolute atomic E-state index is 2.43. The number of allylic oxidation sites excluding steroid dienone is 7. The molecule has 0 saturated carbocycles. The molecule has 0 bridgehead atoms. The molecule has 0 saturated heterocycles. The first kappa shape index (κ1) is 17.9. The number of rotatable bonds is 2. The van der Waals surface area contributed by atoms with Gasteiger partial charge < -0.3 is 0 Å². The van der Waals surface area contributed by atoms with Gasteiger partial charge in [-0.1, -0.05) is 36.4 Å². The molecule has 0 nitrogen and oxygen atoms in total. The van der Waals surface area contributed by atoms with E-state index in [9.17, 15) is 0 Å². The molecule has 0 amide bonds. The standard InChI is InChI=1S/C11H20Si.C5H7.Ti/c1-7-8(2)10(4)11(9(7)3)12(5)6;1-3-5-4-2;/h9,12H,1-6H3;1,3-5H,2H3;. The molecular weight excluding hydrogens is 268 g/mol. The Kier molecular flexibility index (Phi) is 8.85. The van der Waals surface area contributed by atoms with Crippen LogP contribution in [0.2, 0.25) is 13.1 Å². The van der Waals surface area contributed by atoms with Crippen LogP contribution < -0.4 is 0 Å². The van der Waals surface area contributed by atoms with Crippen molar-refractivity contribution in [2.75, 3.05) is 0 Å². The van der Waals surface area contributed by atoms with Crippen LogP contribution in [0.1, 0.15) is 34.6 Å². The third kappa shape index (κ3) is 4.87. The fourth-order valence-corrected chi connectivity index (χ4v) is 5.00. The van der Waals surface area contributed by atoms with Gasteiger partial charge in [0.1, 0.15) is 0 Å². The molecule has 0 heterocycles. The van der Waals surface area contributed by atoms with Gasteiger partial charge >= 0.3 is 50.0 Å². The van der Waals surface area contributed by atoms with Crippen LogP contribution in [-0.2, 0) is 20.4 Å². The monoisotopic (exact) mass is 295 g/mol. The zero-order chi connectivity index (χ0) is 14.3. The maximum atomic E-state index is 2.43. The van der Waals surface area contributed by atoms with Crippen LogP contribution >= 0.6 is 0 Å². The van der Waals surface area contributed by atoms with Crippen molar-refractivity contribution >= 4 is 8.80 Å². The Balaban J connectivity index is 0.000000411. The van der Waals surface area contributed by atoms with E-state index in [2.05, 4.69) is 40.8 Å². The molecule has 2 heteroatoms. The summed E-state index contributed by atoms with van der Waals surface area (Å²) in [6.07, 6.45) is 6.00. The summed E-state index contributed by atoms with van der Waals surface area (Å²) in [5, 5.41) is 1.78. The molecule has 1 rings (SSSR count). The third-order valence-corrected chi connectivity index (χ3v) is 6.20. The Morgan fingerprint density at radius 1 is 1.06 bits per heavy atom. The summed E-state index contributed by atoms with van der Waals surface area (Å²) in [5.41, 5.74) is 4.75. The number of hydrogen-bond donors (Lipinski definition) is 0. The Labute approximate surface area is 127 Å². The van der Waals surface area contributed by atoms with Gasteiger partial charge in [-0.05, 0) is 32.3 Å². The summed E-state index contributed by atoms with van der Waals surface area (Å²) in [6, 6.07) is 0. The van der Waals surface area contributed by atoms with Gasteiger partial charge in [0, 0.05) is 0 Å². The van der Waals surface area contributed by atoms with Gasteiger partial charge in [-0.3, -0.25) is 0 Å². The molecule has 1 atom stereocenters. The molecule has 18 heavy (non-hydrogen) atoms. The zero-order valence-corrected chi connectivity index (χ0v) is 15.7. The Morgan fingerprint density at radius 2 is 1.61 bits per heavy atom. The average molecular weight is 295 g/mol.